The van der Waals surface area contributed by atoms with Gasteiger partial charge in [0.1, 0.15) is 0 Å². The van der Waals surface area contributed by atoms with Crippen LogP contribution in [0.15, 0.2) is 63.6 Å². The zero-order valence-electron chi connectivity index (χ0n) is 22.0. The Morgan fingerprint density at radius 3 is 2.55 bits per heavy atom. The Bertz CT molecular complexity index is 1600. The Balaban J connectivity index is 1.17. The fourth-order valence-electron chi connectivity index (χ4n) is 5.61. The molecule has 40 heavy (non-hydrogen) atoms. The number of likely N-dealkylation sites (tertiary alicyclic amines) is 1. The quantitative estimate of drug-likeness (QED) is 0.281. The number of carbonyl (C=O) groups excluding carboxylic acids is 1. The van der Waals surface area contributed by atoms with Gasteiger partial charge in [-0.25, -0.2) is 4.98 Å². The van der Waals surface area contributed by atoms with Crippen LogP contribution in [0.5, 0.6) is 0 Å². The second-order valence-electron chi connectivity index (χ2n) is 10.2. The number of rotatable bonds is 6. The van der Waals surface area contributed by atoms with Gasteiger partial charge < -0.3 is 18.6 Å². The number of anilines is 2. The third-order valence-electron chi connectivity index (χ3n) is 7.68. The number of nitrogens with one attached hydrogen (secondary N) is 1. The van der Waals surface area contributed by atoms with Crippen LogP contribution in [0, 0.1) is 0 Å². The van der Waals surface area contributed by atoms with E-state index in [1.807, 2.05) is 30.3 Å². The topological polar surface area (TPSA) is 113 Å². The molecule has 0 unspecified atom stereocenters. The highest BCUT2D eigenvalue weighted by atomic mass is 32.1. The first kappa shape index (κ1) is 24.9. The number of furan rings is 1. The molecule has 2 saturated heterocycles. The number of fused-ring (bicyclic) bond motifs is 1. The van der Waals surface area contributed by atoms with E-state index in [0.717, 1.165) is 41.3 Å². The van der Waals surface area contributed by atoms with E-state index in [0.29, 0.717) is 28.7 Å². The third kappa shape index (κ3) is 4.98. The minimum absolute atomic E-state index is 0.00727. The van der Waals surface area contributed by atoms with Crippen molar-refractivity contribution in [1.29, 1.82) is 0 Å². The lowest BCUT2D eigenvalue weighted by Crippen LogP contribution is -2.46. The molecule has 0 saturated carbocycles. The fourth-order valence-corrected chi connectivity index (χ4v) is 6.68. The molecule has 2 aliphatic rings. The summed E-state index contributed by atoms with van der Waals surface area (Å²) in [5.74, 6) is 0.262. The molecule has 0 bridgehead atoms. The summed E-state index contributed by atoms with van der Waals surface area (Å²) >= 11 is 1.51. The smallest absolute Gasteiger partial charge is 0.322 e. The summed E-state index contributed by atoms with van der Waals surface area (Å²) in [5.41, 5.74) is 2.62. The minimum atomic E-state index is -0.363. The number of benzene rings is 1. The summed E-state index contributed by atoms with van der Waals surface area (Å²) in [7, 11) is 0. The van der Waals surface area contributed by atoms with Gasteiger partial charge in [0.15, 0.2) is 16.5 Å². The molecule has 2 fully saturated rings. The van der Waals surface area contributed by atoms with Crippen LogP contribution in [0.3, 0.4) is 0 Å². The Kier molecular flexibility index (Phi) is 6.74. The molecule has 1 N–H and O–H groups in total. The van der Waals surface area contributed by atoms with Crippen molar-refractivity contribution < 1.29 is 13.6 Å². The van der Waals surface area contributed by atoms with E-state index in [-0.39, 0.29) is 17.8 Å². The molecule has 4 aromatic heterocycles. The Morgan fingerprint density at radius 2 is 1.77 bits per heavy atom. The Labute approximate surface area is 235 Å². The predicted molar refractivity (Wildman–Crippen MR) is 153 cm³/mol. The number of piperidine rings is 2. The summed E-state index contributed by atoms with van der Waals surface area (Å²) < 4.78 is 11.7. The number of amides is 1. The van der Waals surface area contributed by atoms with Crippen molar-refractivity contribution in [3.63, 3.8) is 0 Å². The average Bonchev–Trinajstić information content (AvgIpc) is 3.79. The monoisotopic (exact) mass is 555 g/mol. The maximum Gasteiger partial charge on any atom is 0.322 e. The number of aromatic nitrogens is 4. The highest BCUT2D eigenvalue weighted by Crippen LogP contribution is 2.35. The van der Waals surface area contributed by atoms with Gasteiger partial charge in [0.05, 0.1) is 22.2 Å². The number of thiazole rings is 1. The first-order valence-electron chi connectivity index (χ1n) is 13.8. The number of hydrogen-bond acceptors (Lipinski definition) is 10. The maximum atomic E-state index is 13.6. The largest absolute Gasteiger partial charge is 0.459 e. The minimum Gasteiger partial charge on any atom is -0.459 e. The highest BCUT2D eigenvalue weighted by Gasteiger charge is 2.28. The van der Waals surface area contributed by atoms with Crippen LogP contribution in [-0.4, -0.2) is 63.2 Å². The van der Waals surface area contributed by atoms with Crippen LogP contribution in [0.25, 0.3) is 33.3 Å². The summed E-state index contributed by atoms with van der Waals surface area (Å²) in [6.07, 6.45) is 7.75. The molecule has 10 nitrogen and oxygen atoms in total. The van der Waals surface area contributed by atoms with Gasteiger partial charge in [-0.15, -0.1) is 5.10 Å². The normalized spacial score (nSPS) is 16.9. The van der Waals surface area contributed by atoms with Crippen molar-refractivity contribution in [2.24, 2.45) is 0 Å². The van der Waals surface area contributed by atoms with Gasteiger partial charge in [-0.3, -0.25) is 10.1 Å². The van der Waals surface area contributed by atoms with E-state index >= 15 is 0 Å². The molecule has 11 heteroatoms. The molecule has 0 atom stereocenters. The standard InChI is InChI=1S/C29H29N7O3S/c37-26(32-28-34-33-27(39-28)23-10-7-17-38-23)21-18-22(19-8-3-1-4-9-19)30-25-24(21)40-29(31-25)36-15-11-20(12-16-36)35-13-5-2-6-14-35/h1,3-4,7-10,17-18,20H,2,5-6,11-16H2,(H,32,34,37). The van der Waals surface area contributed by atoms with Crippen molar-refractivity contribution >= 4 is 38.7 Å². The molecule has 0 spiro atoms. The lowest BCUT2D eigenvalue weighted by molar-refractivity contribution is 0.102. The highest BCUT2D eigenvalue weighted by molar-refractivity contribution is 7.22. The molecule has 1 aromatic carbocycles. The summed E-state index contributed by atoms with van der Waals surface area (Å²) in [6, 6.07) is 15.7. The van der Waals surface area contributed by atoms with Gasteiger partial charge in [-0.1, -0.05) is 53.2 Å². The molecule has 0 aliphatic carbocycles. The summed E-state index contributed by atoms with van der Waals surface area (Å²) in [5, 5.41) is 11.6. The van der Waals surface area contributed by atoms with E-state index in [1.54, 1.807) is 18.2 Å². The van der Waals surface area contributed by atoms with Crippen LogP contribution in [0.4, 0.5) is 11.1 Å². The lowest BCUT2D eigenvalue weighted by atomic mass is 10.0. The van der Waals surface area contributed by atoms with E-state index in [1.165, 1.54) is 50.0 Å². The average molecular weight is 556 g/mol. The van der Waals surface area contributed by atoms with Crippen LogP contribution in [0.2, 0.25) is 0 Å². The van der Waals surface area contributed by atoms with Gasteiger partial charge in [0.25, 0.3) is 11.8 Å². The third-order valence-corrected chi connectivity index (χ3v) is 8.82. The van der Waals surface area contributed by atoms with Gasteiger partial charge in [0, 0.05) is 24.7 Å². The molecule has 7 rings (SSSR count). The van der Waals surface area contributed by atoms with Crippen LogP contribution < -0.4 is 10.2 Å². The molecule has 6 heterocycles. The van der Waals surface area contributed by atoms with E-state index < -0.39 is 0 Å². The second kappa shape index (κ2) is 10.8. The molecule has 5 aromatic rings. The lowest BCUT2D eigenvalue weighted by Gasteiger charge is -2.40. The van der Waals surface area contributed by atoms with Crippen LogP contribution in [0.1, 0.15) is 42.5 Å². The zero-order chi connectivity index (χ0) is 26.9. The number of pyridine rings is 1. The number of hydrogen-bond donors (Lipinski definition) is 1. The molecule has 1 amide bonds. The summed E-state index contributed by atoms with van der Waals surface area (Å²) in [6.45, 7) is 4.34. The first-order valence-corrected chi connectivity index (χ1v) is 14.6. The van der Waals surface area contributed by atoms with E-state index in [9.17, 15) is 4.79 Å². The van der Waals surface area contributed by atoms with Gasteiger partial charge in [-0.2, -0.15) is 4.98 Å². The molecular formula is C29H29N7O3S. The Morgan fingerprint density at radius 1 is 0.950 bits per heavy atom. The second-order valence-corrected chi connectivity index (χ2v) is 11.2. The summed E-state index contributed by atoms with van der Waals surface area (Å²) in [4.78, 5) is 28.4. The van der Waals surface area contributed by atoms with Crippen molar-refractivity contribution in [3.05, 3.63) is 60.4 Å². The van der Waals surface area contributed by atoms with E-state index in [4.69, 9.17) is 18.8 Å². The van der Waals surface area contributed by atoms with Gasteiger partial charge >= 0.3 is 6.01 Å². The van der Waals surface area contributed by atoms with Crippen molar-refractivity contribution in [2.45, 2.75) is 38.1 Å². The van der Waals surface area contributed by atoms with Crippen molar-refractivity contribution in [3.8, 4) is 22.9 Å². The maximum absolute atomic E-state index is 13.6. The van der Waals surface area contributed by atoms with Crippen molar-refractivity contribution in [2.75, 3.05) is 36.4 Å². The van der Waals surface area contributed by atoms with Gasteiger partial charge in [-0.05, 0) is 57.0 Å². The van der Waals surface area contributed by atoms with Crippen molar-refractivity contribution in [1.82, 2.24) is 25.1 Å². The Hall–Kier alpha value is -4.09. The predicted octanol–water partition coefficient (Wildman–Crippen LogP) is 5.71. The fraction of sp³-hybridized carbons (Fsp3) is 0.345. The molecule has 0 radical (unpaired) electrons. The van der Waals surface area contributed by atoms with E-state index in [2.05, 4.69) is 25.3 Å². The van der Waals surface area contributed by atoms with Crippen LogP contribution >= 0.6 is 11.3 Å². The number of carbonyl (C=O) groups is 1. The molecule has 2 aliphatic heterocycles. The SMILES string of the molecule is O=C(Nc1nnc(-c2ccco2)o1)c1cc(-c2ccccc2)nc2nc(N3CCC(N4CCCCC4)CC3)sc12. The molecular weight excluding hydrogens is 526 g/mol. The molecule has 204 valence electrons. The van der Waals surface area contributed by atoms with Crippen LogP contribution in [-0.2, 0) is 0 Å². The zero-order valence-corrected chi connectivity index (χ0v) is 22.8. The number of nitrogens with zero attached hydrogens (tertiary/aromatic N) is 6. The van der Waals surface area contributed by atoms with Gasteiger partial charge in [0.2, 0.25) is 0 Å². The first-order chi connectivity index (χ1) is 19.7.